The molecule has 0 aliphatic rings. The van der Waals surface area contributed by atoms with Crippen molar-refractivity contribution in [2.45, 2.75) is 5.92 Å². The van der Waals surface area contributed by atoms with Crippen molar-refractivity contribution in [1.82, 2.24) is 0 Å². The molecule has 0 radical (unpaired) electrons. The number of non-ortho nitro benzene ring substituents is 2. The van der Waals surface area contributed by atoms with E-state index in [-0.39, 0.29) is 17.3 Å². The maximum atomic E-state index is 11.0. The molecule has 0 aromatic heterocycles. The minimum absolute atomic E-state index is 0.00364. The highest BCUT2D eigenvalue weighted by atomic mass is 16.6. The first-order valence-electron chi connectivity index (χ1n) is 12.1. The predicted octanol–water partition coefficient (Wildman–Crippen LogP) is 8.27. The maximum absolute atomic E-state index is 11.0. The summed E-state index contributed by atoms with van der Waals surface area (Å²) < 4.78 is 12.0. The first-order chi connectivity index (χ1) is 19.0. The molecular weight excluding hydrogens is 496 g/mol. The van der Waals surface area contributed by atoms with Crippen LogP contribution in [0.3, 0.4) is 0 Å². The number of nitro groups is 2. The van der Waals surface area contributed by atoms with Crippen molar-refractivity contribution >= 4 is 11.4 Å². The lowest BCUT2D eigenvalue weighted by Gasteiger charge is -2.20. The fourth-order valence-electron chi connectivity index (χ4n) is 4.28. The van der Waals surface area contributed by atoms with Crippen LogP contribution in [0.5, 0.6) is 23.0 Å². The molecule has 0 amide bonds. The standard InChI is InChI=1S/C31H22N2O6/c34-32(35)25-12-16-27(17-13-25)38-29-10-4-8-23(20-29)31(22-6-2-1-3-7-22)24-9-5-11-30(21-24)39-28-18-14-26(15-19-28)33(36)37/h1-21,31H. The van der Waals surface area contributed by atoms with Crippen LogP contribution >= 0.6 is 0 Å². The average molecular weight is 519 g/mol. The summed E-state index contributed by atoms with van der Waals surface area (Å²) in [6.07, 6.45) is 0. The highest BCUT2D eigenvalue weighted by Crippen LogP contribution is 2.36. The van der Waals surface area contributed by atoms with Gasteiger partial charge in [0.1, 0.15) is 23.0 Å². The Morgan fingerprint density at radius 3 is 1.28 bits per heavy atom. The molecule has 8 nitrogen and oxygen atoms in total. The van der Waals surface area contributed by atoms with Crippen LogP contribution in [-0.2, 0) is 0 Å². The first kappa shape index (κ1) is 25.2. The molecule has 5 rings (SSSR count). The smallest absolute Gasteiger partial charge is 0.269 e. The molecule has 0 heterocycles. The summed E-state index contributed by atoms with van der Waals surface area (Å²) in [7, 11) is 0. The van der Waals surface area contributed by atoms with E-state index in [9.17, 15) is 20.2 Å². The van der Waals surface area contributed by atoms with Crippen molar-refractivity contribution < 1.29 is 19.3 Å². The lowest BCUT2D eigenvalue weighted by molar-refractivity contribution is -0.385. The molecule has 0 aliphatic heterocycles. The third-order valence-electron chi connectivity index (χ3n) is 6.08. The molecule has 0 saturated heterocycles. The minimum atomic E-state index is -0.450. The summed E-state index contributed by atoms with van der Waals surface area (Å²) in [4.78, 5) is 21.0. The zero-order valence-electron chi connectivity index (χ0n) is 20.5. The van der Waals surface area contributed by atoms with E-state index < -0.39 is 9.85 Å². The molecule has 39 heavy (non-hydrogen) atoms. The van der Waals surface area contributed by atoms with Gasteiger partial charge < -0.3 is 9.47 Å². The average Bonchev–Trinajstić information content (AvgIpc) is 2.95. The second-order valence-electron chi connectivity index (χ2n) is 8.69. The van der Waals surface area contributed by atoms with Gasteiger partial charge in [-0.15, -0.1) is 0 Å². The number of nitrogens with zero attached hydrogens (tertiary/aromatic N) is 2. The Labute approximate surface area is 224 Å². The number of ether oxygens (including phenoxy) is 2. The van der Waals surface area contributed by atoms with Crippen molar-refractivity contribution in [2.24, 2.45) is 0 Å². The molecule has 0 atom stereocenters. The Morgan fingerprint density at radius 2 is 0.872 bits per heavy atom. The minimum Gasteiger partial charge on any atom is -0.457 e. The fourth-order valence-corrected chi connectivity index (χ4v) is 4.28. The summed E-state index contributed by atoms with van der Waals surface area (Å²) in [6.45, 7) is 0. The van der Waals surface area contributed by atoms with Crippen LogP contribution in [0, 0.1) is 20.2 Å². The summed E-state index contributed by atoms with van der Waals surface area (Å²) in [5.41, 5.74) is 3.02. The first-order valence-corrected chi connectivity index (χ1v) is 12.1. The number of hydrogen-bond acceptors (Lipinski definition) is 6. The van der Waals surface area contributed by atoms with Crippen molar-refractivity contribution in [2.75, 3.05) is 0 Å². The van der Waals surface area contributed by atoms with Crippen LogP contribution in [0.1, 0.15) is 22.6 Å². The third kappa shape index (κ3) is 6.08. The van der Waals surface area contributed by atoms with Crippen LogP contribution in [0.15, 0.2) is 127 Å². The Bertz CT molecular complexity index is 1500. The van der Waals surface area contributed by atoms with Crippen LogP contribution in [0.4, 0.5) is 11.4 Å². The second-order valence-corrected chi connectivity index (χ2v) is 8.69. The van der Waals surface area contributed by atoms with Gasteiger partial charge in [-0.2, -0.15) is 0 Å². The summed E-state index contributed by atoms with van der Waals surface area (Å²) in [5, 5.41) is 21.9. The molecule has 8 heteroatoms. The highest BCUT2D eigenvalue weighted by Gasteiger charge is 2.18. The Morgan fingerprint density at radius 1 is 0.462 bits per heavy atom. The van der Waals surface area contributed by atoms with Crippen molar-refractivity contribution in [3.8, 4) is 23.0 Å². The lowest BCUT2D eigenvalue weighted by Crippen LogP contribution is -2.04. The van der Waals surface area contributed by atoms with Gasteiger partial charge in [0.2, 0.25) is 0 Å². The number of hydrogen-bond donors (Lipinski definition) is 0. The van der Waals surface area contributed by atoms with E-state index in [2.05, 4.69) is 12.1 Å². The Hall–Kier alpha value is -5.50. The second kappa shape index (κ2) is 11.3. The van der Waals surface area contributed by atoms with Gasteiger partial charge in [0.25, 0.3) is 11.4 Å². The predicted molar refractivity (Wildman–Crippen MR) is 147 cm³/mol. The summed E-state index contributed by atoms with van der Waals surface area (Å²) >= 11 is 0. The molecule has 0 fully saturated rings. The van der Waals surface area contributed by atoms with Gasteiger partial charge in [0, 0.05) is 30.2 Å². The van der Waals surface area contributed by atoms with E-state index >= 15 is 0 Å². The maximum Gasteiger partial charge on any atom is 0.269 e. The Balaban J connectivity index is 1.45. The van der Waals surface area contributed by atoms with E-state index in [1.165, 1.54) is 24.3 Å². The molecule has 0 unspecified atom stereocenters. The van der Waals surface area contributed by atoms with E-state index in [0.717, 1.165) is 16.7 Å². The van der Waals surface area contributed by atoms with Gasteiger partial charge in [-0.1, -0.05) is 54.6 Å². The molecular formula is C31H22N2O6. The monoisotopic (exact) mass is 518 g/mol. The van der Waals surface area contributed by atoms with Crippen molar-refractivity contribution in [3.63, 3.8) is 0 Å². The highest BCUT2D eigenvalue weighted by molar-refractivity contribution is 5.49. The van der Waals surface area contributed by atoms with Gasteiger partial charge in [-0.05, 0) is 65.2 Å². The molecule has 0 bridgehead atoms. The molecule has 0 aliphatic carbocycles. The van der Waals surface area contributed by atoms with Gasteiger partial charge in [-0.3, -0.25) is 20.2 Å². The lowest BCUT2D eigenvalue weighted by atomic mass is 9.85. The van der Waals surface area contributed by atoms with Crippen molar-refractivity contribution in [3.05, 3.63) is 164 Å². The zero-order valence-corrected chi connectivity index (χ0v) is 20.5. The molecule has 0 spiro atoms. The summed E-state index contributed by atoms with van der Waals surface area (Å²) in [5.74, 6) is 2.04. The normalized spacial score (nSPS) is 10.7. The largest absolute Gasteiger partial charge is 0.457 e. The SMILES string of the molecule is O=[N+]([O-])c1ccc(Oc2cccc(C(c3ccccc3)c3cccc(Oc4ccc([N+](=O)[O-])cc4)c3)c2)cc1. The summed E-state index contributed by atoms with van der Waals surface area (Å²) in [6, 6.07) is 37.3. The van der Waals surface area contributed by atoms with E-state index in [4.69, 9.17) is 9.47 Å². The van der Waals surface area contributed by atoms with Gasteiger partial charge in [0.05, 0.1) is 9.85 Å². The van der Waals surface area contributed by atoms with Crippen LogP contribution < -0.4 is 9.47 Å². The molecule has 5 aromatic carbocycles. The number of benzene rings is 5. The van der Waals surface area contributed by atoms with Gasteiger partial charge >= 0.3 is 0 Å². The van der Waals surface area contributed by atoms with Crippen molar-refractivity contribution in [1.29, 1.82) is 0 Å². The van der Waals surface area contributed by atoms with Crippen LogP contribution in [-0.4, -0.2) is 9.85 Å². The van der Waals surface area contributed by atoms with E-state index in [1.54, 1.807) is 24.3 Å². The fraction of sp³-hybridized carbons (Fsp3) is 0.0323. The van der Waals surface area contributed by atoms with Crippen LogP contribution in [0.2, 0.25) is 0 Å². The zero-order chi connectivity index (χ0) is 27.2. The molecule has 192 valence electrons. The van der Waals surface area contributed by atoms with Gasteiger partial charge in [0.15, 0.2) is 0 Å². The van der Waals surface area contributed by atoms with Gasteiger partial charge in [-0.25, -0.2) is 0 Å². The van der Waals surface area contributed by atoms with Crippen LogP contribution in [0.25, 0.3) is 0 Å². The Kier molecular flexibility index (Phi) is 7.27. The number of nitro benzene ring substituents is 2. The quantitative estimate of drug-likeness (QED) is 0.110. The topological polar surface area (TPSA) is 105 Å². The van der Waals surface area contributed by atoms with E-state index in [0.29, 0.717) is 23.0 Å². The molecule has 0 saturated carbocycles. The van der Waals surface area contributed by atoms with E-state index in [1.807, 2.05) is 66.7 Å². The molecule has 5 aromatic rings. The number of rotatable bonds is 9. The third-order valence-corrected chi connectivity index (χ3v) is 6.08. The molecule has 0 N–H and O–H groups in total.